The molecule has 0 aromatic heterocycles. The van der Waals surface area contributed by atoms with Gasteiger partial charge in [0.05, 0.1) is 13.2 Å². The highest BCUT2D eigenvalue weighted by atomic mass is 16.5. The molecule has 0 radical (unpaired) electrons. The second kappa shape index (κ2) is 14.0. The number of rotatable bonds is 14. The van der Waals surface area contributed by atoms with Crippen molar-refractivity contribution in [1.29, 1.82) is 0 Å². The molecule has 1 aromatic rings. The van der Waals surface area contributed by atoms with Gasteiger partial charge in [-0.25, -0.2) is 0 Å². The highest BCUT2D eigenvalue weighted by Crippen LogP contribution is 2.21. The Balaban J connectivity index is 1.55. The second-order valence-electron chi connectivity index (χ2n) is 7.95. The number of allylic oxidation sites excluding steroid dienone is 1. The fourth-order valence-corrected chi connectivity index (χ4v) is 3.92. The summed E-state index contributed by atoms with van der Waals surface area (Å²) in [6, 6.07) is 11.0. The molecular weight excluding hydrogens is 362 g/mol. The van der Waals surface area contributed by atoms with E-state index in [0.717, 1.165) is 51.5 Å². The lowest BCUT2D eigenvalue weighted by molar-refractivity contribution is -0.140. The van der Waals surface area contributed by atoms with Gasteiger partial charge in [0.2, 0.25) is 5.91 Å². The van der Waals surface area contributed by atoms with Crippen LogP contribution in [0.3, 0.4) is 0 Å². The lowest BCUT2D eigenvalue weighted by atomic mass is 10.1. The largest absolute Gasteiger partial charge is 0.469 e. The summed E-state index contributed by atoms with van der Waals surface area (Å²) in [4.78, 5) is 25.3. The fourth-order valence-electron chi connectivity index (χ4n) is 3.92. The van der Waals surface area contributed by atoms with Crippen LogP contribution >= 0.6 is 0 Å². The monoisotopic (exact) mass is 399 g/mol. The third-order valence-corrected chi connectivity index (χ3v) is 5.67. The predicted octanol–water partition coefficient (Wildman–Crippen LogP) is 5.46. The smallest absolute Gasteiger partial charge is 0.305 e. The molecule has 0 spiro atoms. The molecule has 1 amide bonds. The highest BCUT2D eigenvalue weighted by Gasteiger charge is 2.28. The normalized spacial score (nSPS) is 16.7. The molecule has 4 nitrogen and oxygen atoms in total. The molecule has 0 saturated carbocycles. The van der Waals surface area contributed by atoms with Crippen LogP contribution < -0.4 is 0 Å². The molecule has 29 heavy (non-hydrogen) atoms. The lowest BCUT2D eigenvalue weighted by Gasteiger charge is -2.22. The number of hydrogen-bond acceptors (Lipinski definition) is 3. The Morgan fingerprint density at radius 1 is 1.07 bits per heavy atom. The number of carbonyl (C=O) groups excluding carboxylic acids is 2. The van der Waals surface area contributed by atoms with Gasteiger partial charge in [-0.15, -0.1) is 0 Å². The molecule has 0 aliphatic carbocycles. The van der Waals surface area contributed by atoms with Crippen LogP contribution in [0.5, 0.6) is 0 Å². The minimum Gasteiger partial charge on any atom is -0.469 e. The SMILES string of the molecule is COC(=O)CCCCCCN1C(=O)CCC1/C=C/CCCCCc1ccccc1. The topological polar surface area (TPSA) is 46.6 Å². The summed E-state index contributed by atoms with van der Waals surface area (Å²) in [6.07, 6.45) is 16.6. The van der Waals surface area contributed by atoms with Crippen molar-refractivity contribution in [3.05, 3.63) is 48.0 Å². The Hall–Kier alpha value is -2.10. The number of carbonyl (C=O) groups is 2. The number of aryl methyl sites for hydroxylation is 1. The van der Waals surface area contributed by atoms with Gasteiger partial charge in [-0.1, -0.05) is 61.7 Å². The number of methoxy groups -OCH3 is 1. The van der Waals surface area contributed by atoms with Crippen molar-refractivity contribution in [2.24, 2.45) is 0 Å². The van der Waals surface area contributed by atoms with E-state index in [2.05, 4.69) is 47.2 Å². The van der Waals surface area contributed by atoms with E-state index < -0.39 is 0 Å². The van der Waals surface area contributed by atoms with E-state index >= 15 is 0 Å². The van der Waals surface area contributed by atoms with E-state index in [9.17, 15) is 9.59 Å². The molecule has 1 aromatic carbocycles. The van der Waals surface area contributed by atoms with Gasteiger partial charge >= 0.3 is 5.97 Å². The van der Waals surface area contributed by atoms with Crippen LogP contribution in [0.1, 0.15) is 76.2 Å². The Morgan fingerprint density at radius 2 is 1.83 bits per heavy atom. The zero-order valence-corrected chi connectivity index (χ0v) is 18.0. The first-order valence-corrected chi connectivity index (χ1v) is 11.3. The average molecular weight is 400 g/mol. The number of hydrogen-bond donors (Lipinski definition) is 0. The molecule has 1 heterocycles. The number of ether oxygens (including phenoxy) is 1. The van der Waals surface area contributed by atoms with Gasteiger partial charge in [0.25, 0.3) is 0 Å². The number of amides is 1. The zero-order chi connectivity index (χ0) is 20.7. The van der Waals surface area contributed by atoms with Gasteiger partial charge in [0, 0.05) is 19.4 Å². The summed E-state index contributed by atoms with van der Waals surface area (Å²) in [5, 5.41) is 0. The maximum Gasteiger partial charge on any atom is 0.305 e. The number of benzene rings is 1. The van der Waals surface area contributed by atoms with Crippen molar-refractivity contribution in [2.45, 2.75) is 83.1 Å². The van der Waals surface area contributed by atoms with E-state index in [1.807, 2.05) is 4.90 Å². The molecule has 0 bridgehead atoms. The van der Waals surface area contributed by atoms with Crippen LogP contribution in [0.2, 0.25) is 0 Å². The second-order valence-corrected chi connectivity index (χ2v) is 7.95. The van der Waals surface area contributed by atoms with E-state index in [1.165, 1.54) is 31.9 Å². The molecule has 1 fully saturated rings. The molecule has 1 unspecified atom stereocenters. The molecule has 4 heteroatoms. The quantitative estimate of drug-likeness (QED) is 0.237. The molecular formula is C25H37NO3. The summed E-state index contributed by atoms with van der Waals surface area (Å²) in [5.41, 5.74) is 1.42. The maximum atomic E-state index is 12.2. The van der Waals surface area contributed by atoms with Crippen LogP contribution in [0.25, 0.3) is 0 Å². The predicted molar refractivity (Wildman–Crippen MR) is 118 cm³/mol. The summed E-state index contributed by atoms with van der Waals surface area (Å²) < 4.78 is 4.66. The van der Waals surface area contributed by atoms with Gasteiger partial charge in [-0.3, -0.25) is 9.59 Å². The van der Waals surface area contributed by atoms with Crippen molar-refractivity contribution in [2.75, 3.05) is 13.7 Å². The van der Waals surface area contributed by atoms with Gasteiger partial charge in [0.15, 0.2) is 0 Å². The first-order valence-electron chi connectivity index (χ1n) is 11.3. The van der Waals surface area contributed by atoms with Crippen LogP contribution in [0, 0.1) is 0 Å². The summed E-state index contributed by atoms with van der Waals surface area (Å²) in [6.45, 7) is 0.836. The molecule has 1 aliphatic heterocycles. The summed E-state index contributed by atoms with van der Waals surface area (Å²) in [5.74, 6) is 0.155. The minimum absolute atomic E-state index is 0.134. The van der Waals surface area contributed by atoms with E-state index in [0.29, 0.717) is 12.8 Å². The van der Waals surface area contributed by atoms with Gasteiger partial charge in [-0.2, -0.15) is 0 Å². The van der Waals surface area contributed by atoms with Crippen molar-refractivity contribution in [1.82, 2.24) is 4.90 Å². The standard InChI is InChI=1S/C25H37NO3/c1-29-25(28)18-12-5-6-13-21-26-23(19-20-24(26)27)17-11-4-2-3-8-14-22-15-9-7-10-16-22/h7,9-11,15-17,23H,2-6,8,12-14,18-21H2,1H3/b17-11+. The highest BCUT2D eigenvalue weighted by molar-refractivity contribution is 5.79. The van der Waals surface area contributed by atoms with E-state index in [-0.39, 0.29) is 17.9 Å². The van der Waals surface area contributed by atoms with Crippen LogP contribution in [-0.2, 0) is 20.7 Å². The number of likely N-dealkylation sites (tertiary alicyclic amines) is 1. The van der Waals surface area contributed by atoms with E-state index in [4.69, 9.17) is 0 Å². The molecule has 160 valence electrons. The number of unbranched alkanes of at least 4 members (excludes halogenated alkanes) is 6. The molecule has 0 N–H and O–H groups in total. The third kappa shape index (κ3) is 9.29. The number of esters is 1. The van der Waals surface area contributed by atoms with Crippen LogP contribution in [-0.4, -0.2) is 36.5 Å². The third-order valence-electron chi connectivity index (χ3n) is 5.67. The first-order chi connectivity index (χ1) is 14.2. The Morgan fingerprint density at radius 3 is 2.62 bits per heavy atom. The Kier molecular flexibility index (Phi) is 11.2. The van der Waals surface area contributed by atoms with Gasteiger partial charge in [-0.05, 0) is 50.5 Å². The van der Waals surface area contributed by atoms with Gasteiger partial charge in [0.1, 0.15) is 0 Å². The lowest BCUT2D eigenvalue weighted by Crippen LogP contribution is -2.32. The molecule has 2 rings (SSSR count). The van der Waals surface area contributed by atoms with Crippen molar-refractivity contribution in [3.63, 3.8) is 0 Å². The minimum atomic E-state index is -0.134. The van der Waals surface area contributed by atoms with Crippen molar-refractivity contribution in [3.8, 4) is 0 Å². The Bertz CT molecular complexity index is 626. The van der Waals surface area contributed by atoms with E-state index in [1.54, 1.807) is 0 Å². The van der Waals surface area contributed by atoms with Crippen LogP contribution in [0.15, 0.2) is 42.5 Å². The molecule has 1 aliphatic rings. The molecule has 1 saturated heterocycles. The first kappa shape index (κ1) is 23.2. The average Bonchev–Trinajstić information content (AvgIpc) is 3.09. The summed E-state index contributed by atoms with van der Waals surface area (Å²) >= 11 is 0. The zero-order valence-electron chi connectivity index (χ0n) is 18.0. The van der Waals surface area contributed by atoms with Gasteiger partial charge < -0.3 is 9.64 Å². The summed E-state index contributed by atoms with van der Waals surface area (Å²) in [7, 11) is 1.43. The number of nitrogens with zero attached hydrogens (tertiary/aromatic N) is 1. The maximum absolute atomic E-state index is 12.2. The fraction of sp³-hybridized carbons (Fsp3) is 0.600. The molecule has 1 atom stereocenters. The van der Waals surface area contributed by atoms with Crippen LogP contribution in [0.4, 0.5) is 0 Å². The Labute approximate surface area is 176 Å². The van der Waals surface area contributed by atoms with Crippen molar-refractivity contribution >= 4 is 11.9 Å². The van der Waals surface area contributed by atoms with Crippen molar-refractivity contribution < 1.29 is 14.3 Å².